The zero-order valence-corrected chi connectivity index (χ0v) is 11.6. The van der Waals surface area contributed by atoms with Crippen LogP contribution in [0, 0.1) is 5.92 Å². The zero-order chi connectivity index (χ0) is 10.7. The van der Waals surface area contributed by atoms with E-state index in [0.29, 0.717) is 5.92 Å². The highest BCUT2D eigenvalue weighted by Crippen LogP contribution is 2.25. The molecule has 2 rings (SSSR count). The molecule has 0 aliphatic carbocycles. The highest BCUT2D eigenvalue weighted by atomic mass is 35.5. The molecule has 92 valence electrons. The predicted octanol–water partition coefficient (Wildman–Crippen LogP) is 2.99. The first kappa shape index (κ1) is 14.3. The third-order valence-electron chi connectivity index (χ3n) is 2.99. The first-order chi connectivity index (χ1) is 7.29. The highest BCUT2D eigenvalue weighted by Gasteiger charge is 2.19. The molecule has 1 aliphatic rings. The van der Waals surface area contributed by atoms with Crippen LogP contribution in [0.4, 0.5) is 0 Å². The van der Waals surface area contributed by atoms with Crippen LogP contribution in [-0.2, 0) is 6.54 Å². The number of piperidine rings is 1. The van der Waals surface area contributed by atoms with E-state index in [4.69, 9.17) is 17.3 Å². The van der Waals surface area contributed by atoms with Gasteiger partial charge in [-0.1, -0.05) is 11.6 Å². The van der Waals surface area contributed by atoms with Gasteiger partial charge in [-0.2, -0.15) is 0 Å². The van der Waals surface area contributed by atoms with Gasteiger partial charge in [0.15, 0.2) is 0 Å². The lowest BCUT2D eigenvalue weighted by molar-refractivity contribution is 0.172. The van der Waals surface area contributed by atoms with E-state index >= 15 is 0 Å². The SMILES string of the molecule is Cl.NCC1CCCN(Cc2sccc2Cl)C1. The van der Waals surface area contributed by atoms with Crippen molar-refractivity contribution in [3.8, 4) is 0 Å². The Hall–Kier alpha value is 0.200. The Morgan fingerprint density at radius 3 is 3.00 bits per heavy atom. The summed E-state index contributed by atoms with van der Waals surface area (Å²) in [5.74, 6) is 0.678. The second-order valence-electron chi connectivity index (χ2n) is 4.17. The van der Waals surface area contributed by atoms with Crippen LogP contribution in [0.5, 0.6) is 0 Å². The summed E-state index contributed by atoms with van der Waals surface area (Å²) in [5.41, 5.74) is 5.72. The van der Waals surface area contributed by atoms with Crippen LogP contribution in [0.1, 0.15) is 17.7 Å². The lowest BCUT2D eigenvalue weighted by atomic mass is 9.98. The fourth-order valence-electron chi connectivity index (χ4n) is 2.13. The lowest BCUT2D eigenvalue weighted by Gasteiger charge is -2.31. The van der Waals surface area contributed by atoms with Crippen molar-refractivity contribution in [2.75, 3.05) is 19.6 Å². The minimum atomic E-state index is 0. The monoisotopic (exact) mass is 280 g/mol. The Morgan fingerprint density at radius 1 is 1.56 bits per heavy atom. The van der Waals surface area contributed by atoms with E-state index in [1.165, 1.54) is 24.3 Å². The molecule has 5 heteroatoms. The minimum Gasteiger partial charge on any atom is -0.330 e. The summed E-state index contributed by atoms with van der Waals surface area (Å²) in [4.78, 5) is 3.76. The maximum Gasteiger partial charge on any atom is 0.0558 e. The number of nitrogens with two attached hydrogens (primary N) is 1. The molecule has 1 atom stereocenters. The number of hydrogen-bond donors (Lipinski definition) is 1. The van der Waals surface area contributed by atoms with E-state index < -0.39 is 0 Å². The minimum absolute atomic E-state index is 0. The quantitative estimate of drug-likeness (QED) is 0.923. The van der Waals surface area contributed by atoms with Crippen LogP contribution >= 0.6 is 35.3 Å². The highest BCUT2D eigenvalue weighted by molar-refractivity contribution is 7.10. The molecule has 1 aliphatic heterocycles. The van der Waals surface area contributed by atoms with Gasteiger partial charge in [0.05, 0.1) is 5.02 Å². The van der Waals surface area contributed by atoms with Gasteiger partial charge >= 0.3 is 0 Å². The molecule has 1 aromatic rings. The smallest absolute Gasteiger partial charge is 0.0558 e. The maximum atomic E-state index is 6.09. The molecule has 1 aromatic heterocycles. The number of hydrogen-bond acceptors (Lipinski definition) is 3. The van der Waals surface area contributed by atoms with Gasteiger partial charge in [-0.25, -0.2) is 0 Å². The van der Waals surface area contributed by atoms with E-state index in [9.17, 15) is 0 Å². The molecule has 1 unspecified atom stereocenters. The van der Waals surface area contributed by atoms with Crippen molar-refractivity contribution in [1.82, 2.24) is 4.90 Å². The Labute approximate surface area is 112 Å². The van der Waals surface area contributed by atoms with E-state index in [2.05, 4.69) is 10.3 Å². The van der Waals surface area contributed by atoms with Crippen LogP contribution in [0.15, 0.2) is 11.4 Å². The third kappa shape index (κ3) is 3.60. The van der Waals surface area contributed by atoms with Crippen molar-refractivity contribution in [3.63, 3.8) is 0 Å². The molecule has 0 aromatic carbocycles. The number of nitrogens with zero attached hydrogens (tertiary/aromatic N) is 1. The summed E-state index contributed by atoms with van der Waals surface area (Å²) < 4.78 is 0. The molecule has 2 N–H and O–H groups in total. The Morgan fingerprint density at radius 2 is 2.38 bits per heavy atom. The van der Waals surface area contributed by atoms with E-state index in [1.807, 2.05) is 6.07 Å². The summed E-state index contributed by atoms with van der Waals surface area (Å²) >= 11 is 7.84. The van der Waals surface area contributed by atoms with Crippen molar-refractivity contribution in [3.05, 3.63) is 21.3 Å². The van der Waals surface area contributed by atoms with Gasteiger partial charge in [0.25, 0.3) is 0 Å². The lowest BCUT2D eigenvalue weighted by Crippen LogP contribution is -2.37. The fourth-order valence-corrected chi connectivity index (χ4v) is 3.27. The van der Waals surface area contributed by atoms with Gasteiger partial charge < -0.3 is 5.73 Å². The summed E-state index contributed by atoms with van der Waals surface area (Å²) in [6, 6.07) is 1.98. The summed E-state index contributed by atoms with van der Waals surface area (Å²) in [6.07, 6.45) is 2.55. The Kier molecular flexibility index (Phi) is 6.08. The van der Waals surface area contributed by atoms with Gasteiger partial charge in [-0.3, -0.25) is 4.90 Å². The molecule has 1 saturated heterocycles. The second kappa shape index (κ2) is 6.82. The Balaban J connectivity index is 0.00000128. The van der Waals surface area contributed by atoms with Crippen LogP contribution in [0.25, 0.3) is 0 Å². The molecule has 0 amide bonds. The van der Waals surface area contributed by atoms with E-state index in [1.54, 1.807) is 11.3 Å². The summed E-state index contributed by atoms with van der Waals surface area (Å²) in [5, 5.41) is 2.97. The molecule has 0 radical (unpaired) electrons. The molecule has 0 saturated carbocycles. The standard InChI is InChI=1S/C11H17ClN2S.ClH/c12-10-3-5-15-11(10)8-14-4-1-2-9(6-13)7-14;/h3,5,9H,1-2,4,6-8,13H2;1H. The van der Waals surface area contributed by atoms with Crippen LogP contribution in [0.2, 0.25) is 5.02 Å². The summed E-state index contributed by atoms with van der Waals surface area (Å²) in [7, 11) is 0. The largest absolute Gasteiger partial charge is 0.330 e. The second-order valence-corrected chi connectivity index (χ2v) is 5.58. The van der Waals surface area contributed by atoms with Crippen molar-refractivity contribution in [2.45, 2.75) is 19.4 Å². The topological polar surface area (TPSA) is 29.3 Å². The molecule has 2 nitrogen and oxygen atoms in total. The molecule has 0 bridgehead atoms. The number of halogens is 2. The molecular formula is C11H18Cl2N2S. The van der Waals surface area contributed by atoms with Crippen molar-refractivity contribution in [2.24, 2.45) is 11.7 Å². The van der Waals surface area contributed by atoms with E-state index in [0.717, 1.165) is 24.7 Å². The van der Waals surface area contributed by atoms with Gasteiger partial charge in [-0.15, -0.1) is 23.7 Å². The number of rotatable bonds is 3. The van der Waals surface area contributed by atoms with Gasteiger partial charge in [0.1, 0.15) is 0 Å². The van der Waals surface area contributed by atoms with Crippen LogP contribution < -0.4 is 5.73 Å². The maximum absolute atomic E-state index is 6.09. The number of likely N-dealkylation sites (tertiary alicyclic amines) is 1. The molecule has 2 heterocycles. The predicted molar refractivity (Wildman–Crippen MR) is 73.6 cm³/mol. The molecule has 0 spiro atoms. The molecular weight excluding hydrogens is 263 g/mol. The average molecular weight is 281 g/mol. The normalized spacial score (nSPS) is 21.8. The van der Waals surface area contributed by atoms with E-state index in [-0.39, 0.29) is 12.4 Å². The van der Waals surface area contributed by atoms with Crippen molar-refractivity contribution in [1.29, 1.82) is 0 Å². The average Bonchev–Trinajstić information content (AvgIpc) is 2.65. The summed E-state index contributed by atoms with van der Waals surface area (Å²) in [6.45, 7) is 4.12. The van der Waals surface area contributed by atoms with Crippen molar-refractivity contribution >= 4 is 35.3 Å². The van der Waals surface area contributed by atoms with Gasteiger partial charge in [-0.05, 0) is 43.3 Å². The molecule has 1 fully saturated rings. The van der Waals surface area contributed by atoms with Crippen molar-refractivity contribution < 1.29 is 0 Å². The van der Waals surface area contributed by atoms with Crippen LogP contribution in [0.3, 0.4) is 0 Å². The van der Waals surface area contributed by atoms with Crippen LogP contribution in [-0.4, -0.2) is 24.5 Å². The first-order valence-electron chi connectivity index (χ1n) is 5.44. The first-order valence-corrected chi connectivity index (χ1v) is 6.69. The Bertz CT molecular complexity index is 317. The fraction of sp³-hybridized carbons (Fsp3) is 0.636. The van der Waals surface area contributed by atoms with Gasteiger partial charge in [0.2, 0.25) is 0 Å². The number of thiophene rings is 1. The van der Waals surface area contributed by atoms with Gasteiger partial charge in [0, 0.05) is 18.0 Å². The zero-order valence-electron chi connectivity index (χ0n) is 9.19. The molecule has 16 heavy (non-hydrogen) atoms. The third-order valence-corrected chi connectivity index (χ3v) is 4.37.